The first kappa shape index (κ1) is 26.0. The topological polar surface area (TPSA) is 103 Å². The predicted molar refractivity (Wildman–Crippen MR) is 137 cm³/mol. The molecule has 0 saturated carbocycles. The van der Waals surface area contributed by atoms with Gasteiger partial charge >= 0.3 is 5.97 Å². The lowest BCUT2D eigenvalue weighted by atomic mass is 10.1. The van der Waals surface area contributed by atoms with Crippen LogP contribution in [0.5, 0.6) is 11.5 Å². The summed E-state index contributed by atoms with van der Waals surface area (Å²) < 4.78 is 16.0. The van der Waals surface area contributed by atoms with Crippen LogP contribution in [0.1, 0.15) is 40.1 Å². The summed E-state index contributed by atoms with van der Waals surface area (Å²) >= 11 is 0. The third kappa shape index (κ3) is 6.96. The number of methoxy groups -OCH3 is 1. The van der Waals surface area contributed by atoms with Crippen LogP contribution >= 0.6 is 0 Å². The van der Waals surface area contributed by atoms with Crippen molar-refractivity contribution >= 4 is 29.5 Å². The fourth-order valence-electron chi connectivity index (χ4n) is 3.27. The number of amides is 2. The summed E-state index contributed by atoms with van der Waals surface area (Å²) in [6, 6.07) is 20.1. The van der Waals surface area contributed by atoms with Gasteiger partial charge in [0.15, 0.2) is 11.5 Å². The smallest absolute Gasteiger partial charge is 0.337 e. The minimum atomic E-state index is -0.544. The Morgan fingerprint density at radius 1 is 0.806 bits per heavy atom. The molecule has 186 valence electrons. The number of carbonyl (C=O) groups is 3. The molecule has 3 aromatic rings. The van der Waals surface area contributed by atoms with Crippen molar-refractivity contribution in [2.24, 2.45) is 0 Å². The summed E-state index contributed by atoms with van der Waals surface area (Å²) in [5.74, 6) is -0.350. The first-order valence-electron chi connectivity index (χ1n) is 11.4. The first-order valence-corrected chi connectivity index (χ1v) is 11.4. The maximum absolute atomic E-state index is 13.2. The normalized spacial score (nSPS) is 10.8. The summed E-state index contributed by atoms with van der Waals surface area (Å²) in [7, 11) is 1.29. The van der Waals surface area contributed by atoms with Crippen LogP contribution < -0.4 is 20.1 Å². The van der Waals surface area contributed by atoms with Crippen LogP contribution in [0.2, 0.25) is 0 Å². The number of ether oxygens (including phenoxy) is 3. The highest BCUT2D eigenvalue weighted by Crippen LogP contribution is 2.29. The molecule has 0 radical (unpaired) electrons. The highest BCUT2D eigenvalue weighted by atomic mass is 16.5. The van der Waals surface area contributed by atoms with Gasteiger partial charge in [-0.05, 0) is 74.0 Å². The van der Waals surface area contributed by atoms with Crippen molar-refractivity contribution in [2.75, 3.05) is 25.6 Å². The molecule has 3 rings (SSSR count). The molecule has 0 fully saturated rings. The Hall–Kier alpha value is -4.59. The average molecular weight is 489 g/mol. The van der Waals surface area contributed by atoms with Gasteiger partial charge in [-0.25, -0.2) is 4.79 Å². The van der Waals surface area contributed by atoms with Gasteiger partial charge in [-0.1, -0.05) is 24.3 Å². The molecule has 3 aromatic carbocycles. The molecule has 0 bridgehead atoms. The SMILES string of the molecule is CCOc1ccc(/C=C(/NC(=O)c2ccccc2)C(=O)Nc2ccc(C(=O)OC)cc2)cc1OCC. The Morgan fingerprint density at radius 3 is 2.11 bits per heavy atom. The molecular formula is C28H28N2O6. The van der Waals surface area contributed by atoms with Crippen molar-refractivity contribution in [1.82, 2.24) is 5.32 Å². The van der Waals surface area contributed by atoms with E-state index in [0.717, 1.165) is 0 Å². The number of rotatable bonds is 10. The lowest BCUT2D eigenvalue weighted by Crippen LogP contribution is -2.30. The summed E-state index contributed by atoms with van der Waals surface area (Å²) in [5, 5.41) is 5.44. The Bertz CT molecular complexity index is 1240. The molecule has 8 heteroatoms. The Balaban J connectivity index is 1.92. The van der Waals surface area contributed by atoms with E-state index in [-0.39, 0.29) is 5.70 Å². The largest absolute Gasteiger partial charge is 0.490 e. The van der Waals surface area contributed by atoms with E-state index in [1.165, 1.54) is 19.2 Å². The van der Waals surface area contributed by atoms with Gasteiger partial charge in [-0.3, -0.25) is 9.59 Å². The third-order valence-corrected chi connectivity index (χ3v) is 4.97. The molecule has 0 aromatic heterocycles. The minimum Gasteiger partial charge on any atom is -0.490 e. The van der Waals surface area contributed by atoms with Gasteiger partial charge in [-0.15, -0.1) is 0 Å². The van der Waals surface area contributed by atoms with E-state index in [9.17, 15) is 14.4 Å². The van der Waals surface area contributed by atoms with Gasteiger partial charge in [-0.2, -0.15) is 0 Å². The fourth-order valence-corrected chi connectivity index (χ4v) is 3.27. The quantitative estimate of drug-likeness (QED) is 0.317. The van der Waals surface area contributed by atoms with E-state index in [0.29, 0.717) is 47.1 Å². The number of benzene rings is 3. The van der Waals surface area contributed by atoms with Crippen molar-refractivity contribution in [3.63, 3.8) is 0 Å². The molecule has 8 nitrogen and oxygen atoms in total. The van der Waals surface area contributed by atoms with Gasteiger partial charge in [0.1, 0.15) is 5.70 Å². The van der Waals surface area contributed by atoms with Crippen LogP contribution in [0.15, 0.2) is 78.5 Å². The maximum atomic E-state index is 13.2. The molecule has 0 aliphatic rings. The van der Waals surface area contributed by atoms with Gasteiger partial charge in [0.25, 0.3) is 11.8 Å². The number of carbonyl (C=O) groups excluding carboxylic acids is 3. The highest BCUT2D eigenvalue weighted by molar-refractivity contribution is 6.10. The second-order valence-corrected chi connectivity index (χ2v) is 7.47. The number of esters is 1. The second-order valence-electron chi connectivity index (χ2n) is 7.47. The molecule has 0 aliphatic carbocycles. The van der Waals surface area contributed by atoms with Crippen LogP contribution in [0, 0.1) is 0 Å². The fraction of sp³-hybridized carbons (Fsp3) is 0.179. The van der Waals surface area contributed by atoms with E-state index < -0.39 is 17.8 Å². The standard InChI is InChI=1S/C28H28N2O6/c1-4-35-24-16-11-19(18-25(24)36-5-2)17-23(30-26(31)20-9-7-6-8-10-20)27(32)29-22-14-12-21(13-15-22)28(33)34-3/h6-18H,4-5H2,1-3H3,(H,29,32)(H,30,31)/b23-17+. The van der Waals surface area contributed by atoms with Crippen LogP contribution in [0.4, 0.5) is 5.69 Å². The average Bonchev–Trinajstić information content (AvgIpc) is 2.90. The van der Waals surface area contributed by atoms with Gasteiger partial charge in [0.05, 0.1) is 25.9 Å². The zero-order chi connectivity index (χ0) is 25.9. The third-order valence-electron chi connectivity index (χ3n) is 4.97. The van der Waals surface area contributed by atoms with Crippen molar-refractivity contribution < 1.29 is 28.6 Å². The Kier molecular flexibility index (Phi) is 9.22. The van der Waals surface area contributed by atoms with E-state index in [4.69, 9.17) is 14.2 Å². The number of hydrogen-bond donors (Lipinski definition) is 2. The summed E-state index contributed by atoms with van der Waals surface area (Å²) in [5.41, 5.74) is 1.84. The van der Waals surface area contributed by atoms with Crippen LogP contribution in [0.25, 0.3) is 6.08 Å². The zero-order valence-corrected chi connectivity index (χ0v) is 20.4. The monoisotopic (exact) mass is 488 g/mol. The summed E-state index contributed by atoms with van der Waals surface area (Å²) in [6.07, 6.45) is 1.55. The lowest BCUT2D eigenvalue weighted by Gasteiger charge is -2.13. The van der Waals surface area contributed by atoms with E-state index in [1.54, 1.807) is 66.7 Å². The first-order chi connectivity index (χ1) is 17.4. The Morgan fingerprint density at radius 2 is 1.47 bits per heavy atom. The van der Waals surface area contributed by atoms with Gasteiger partial charge in [0.2, 0.25) is 0 Å². The maximum Gasteiger partial charge on any atom is 0.337 e. The molecule has 0 heterocycles. The molecule has 0 atom stereocenters. The number of hydrogen-bond acceptors (Lipinski definition) is 6. The molecular weight excluding hydrogens is 460 g/mol. The molecule has 0 spiro atoms. The van der Waals surface area contributed by atoms with E-state index in [2.05, 4.69) is 10.6 Å². The van der Waals surface area contributed by atoms with Gasteiger partial charge < -0.3 is 24.8 Å². The second kappa shape index (κ2) is 12.8. The van der Waals surface area contributed by atoms with E-state index in [1.807, 2.05) is 13.8 Å². The highest BCUT2D eigenvalue weighted by Gasteiger charge is 2.16. The molecule has 36 heavy (non-hydrogen) atoms. The summed E-state index contributed by atoms with van der Waals surface area (Å²) in [6.45, 7) is 4.66. The minimum absolute atomic E-state index is 0.0208. The molecule has 0 saturated heterocycles. The van der Waals surface area contributed by atoms with Crippen molar-refractivity contribution in [3.8, 4) is 11.5 Å². The number of anilines is 1. The van der Waals surface area contributed by atoms with Crippen molar-refractivity contribution in [1.29, 1.82) is 0 Å². The van der Waals surface area contributed by atoms with Crippen LogP contribution in [-0.4, -0.2) is 38.1 Å². The number of nitrogens with one attached hydrogen (secondary N) is 2. The molecule has 2 amide bonds. The molecule has 2 N–H and O–H groups in total. The Labute approximate surface area is 209 Å². The van der Waals surface area contributed by atoms with Crippen molar-refractivity contribution in [2.45, 2.75) is 13.8 Å². The molecule has 0 unspecified atom stereocenters. The van der Waals surface area contributed by atoms with Crippen molar-refractivity contribution in [3.05, 3.63) is 95.2 Å². The predicted octanol–water partition coefficient (Wildman–Crippen LogP) is 4.68. The van der Waals surface area contributed by atoms with Crippen LogP contribution in [0.3, 0.4) is 0 Å². The van der Waals surface area contributed by atoms with Gasteiger partial charge in [0, 0.05) is 11.3 Å². The van der Waals surface area contributed by atoms with E-state index >= 15 is 0 Å². The lowest BCUT2D eigenvalue weighted by molar-refractivity contribution is -0.113. The van der Waals surface area contributed by atoms with Crippen LogP contribution in [-0.2, 0) is 9.53 Å². The zero-order valence-electron chi connectivity index (χ0n) is 20.4. The molecule has 0 aliphatic heterocycles. The summed E-state index contributed by atoms with van der Waals surface area (Å²) in [4.78, 5) is 37.7.